The molecule has 2 N–H and O–H groups in total. The molecule has 0 aromatic rings. The monoisotopic (exact) mass is 237 g/mol. The molecule has 4 nitrogen and oxygen atoms in total. The van der Waals surface area contributed by atoms with Gasteiger partial charge in [0.15, 0.2) is 0 Å². The molecule has 1 fully saturated rings. The minimum absolute atomic E-state index is 0.0240. The number of rotatable bonds is 5. The standard InChI is InChI=1S/C13H23N3O/c1-16(9-5-8-14)12(17)10-13(11-15)6-3-2-4-7-13/h2-7,9-11,15H2,1H3. The van der Waals surface area contributed by atoms with Crippen LogP contribution in [0.25, 0.3) is 0 Å². The maximum Gasteiger partial charge on any atom is 0.222 e. The Bertz CT molecular complexity index is 290. The quantitative estimate of drug-likeness (QED) is 0.790. The van der Waals surface area contributed by atoms with E-state index < -0.39 is 0 Å². The van der Waals surface area contributed by atoms with Crippen molar-refractivity contribution in [2.45, 2.75) is 44.9 Å². The Kier molecular flexibility index (Phi) is 5.43. The molecule has 0 heterocycles. The van der Waals surface area contributed by atoms with Crippen molar-refractivity contribution in [2.75, 3.05) is 20.1 Å². The Hall–Kier alpha value is -1.08. The van der Waals surface area contributed by atoms with Gasteiger partial charge in [0.25, 0.3) is 0 Å². The summed E-state index contributed by atoms with van der Waals surface area (Å²) in [4.78, 5) is 13.7. The van der Waals surface area contributed by atoms with Gasteiger partial charge in [-0.15, -0.1) is 0 Å². The van der Waals surface area contributed by atoms with Gasteiger partial charge in [0.05, 0.1) is 12.5 Å². The fourth-order valence-corrected chi connectivity index (χ4v) is 2.55. The first-order valence-electron chi connectivity index (χ1n) is 6.44. The average molecular weight is 237 g/mol. The van der Waals surface area contributed by atoms with Crippen molar-refractivity contribution in [1.29, 1.82) is 5.26 Å². The number of nitrogens with zero attached hydrogens (tertiary/aromatic N) is 2. The summed E-state index contributed by atoms with van der Waals surface area (Å²) in [5.41, 5.74) is 5.89. The lowest BCUT2D eigenvalue weighted by atomic mass is 9.71. The number of nitrogens with two attached hydrogens (primary N) is 1. The van der Waals surface area contributed by atoms with Crippen LogP contribution in [-0.4, -0.2) is 30.9 Å². The van der Waals surface area contributed by atoms with E-state index in [1.165, 1.54) is 19.3 Å². The normalized spacial score (nSPS) is 18.4. The lowest BCUT2D eigenvalue weighted by molar-refractivity contribution is -0.132. The van der Waals surface area contributed by atoms with Gasteiger partial charge in [-0.2, -0.15) is 5.26 Å². The second-order valence-corrected chi connectivity index (χ2v) is 5.16. The third-order valence-corrected chi connectivity index (χ3v) is 3.86. The van der Waals surface area contributed by atoms with Gasteiger partial charge in [0, 0.05) is 20.0 Å². The molecule has 1 aliphatic rings. The summed E-state index contributed by atoms with van der Waals surface area (Å²) in [5, 5.41) is 8.51. The first kappa shape index (κ1) is 14.0. The number of carbonyl (C=O) groups is 1. The van der Waals surface area contributed by atoms with Gasteiger partial charge in [0.1, 0.15) is 0 Å². The fourth-order valence-electron chi connectivity index (χ4n) is 2.55. The highest BCUT2D eigenvalue weighted by molar-refractivity contribution is 5.76. The van der Waals surface area contributed by atoms with E-state index in [1.807, 2.05) is 0 Å². The van der Waals surface area contributed by atoms with Crippen molar-refractivity contribution in [2.24, 2.45) is 11.1 Å². The van der Waals surface area contributed by atoms with Crippen molar-refractivity contribution >= 4 is 5.91 Å². The predicted molar refractivity (Wildman–Crippen MR) is 67.1 cm³/mol. The molecule has 0 atom stereocenters. The van der Waals surface area contributed by atoms with Crippen LogP contribution in [0.4, 0.5) is 0 Å². The molecule has 0 spiro atoms. The third-order valence-electron chi connectivity index (χ3n) is 3.86. The van der Waals surface area contributed by atoms with Crippen molar-refractivity contribution in [3.05, 3.63) is 0 Å². The molecule has 96 valence electrons. The molecule has 1 amide bonds. The van der Waals surface area contributed by atoms with Gasteiger partial charge >= 0.3 is 0 Å². The maximum atomic E-state index is 12.0. The van der Waals surface area contributed by atoms with Gasteiger partial charge in [-0.25, -0.2) is 0 Å². The van der Waals surface area contributed by atoms with E-state index in [1.54, 1.807) is 11.9 Å². The van der Waals surface area contributed by atoms with Gasteiger partial charge < -0.3 is 10.6 Å². The van der Waals surface area contributed by atoms with Gasteiger partial charge in [-0.05, 0) is 24.8 Å². The minimum atomic E-state index is 0.0240. The van der Waals surface area contributed by atoms with Crippen LogP contribution >= 0.6 is 0 Å². The largest absolute Gasteiger partial charge is 0.345 e. The molecule has 0 aliphatic heterocycles. The molecule has 0 radical (unpaired) electrons. The summed E-state index contributed by atoms with van der Waals surface area (Å²) in [6.45, 7) is 1.13. The zero-order chi connectivity index (χ0) is 12.7. The summed E-state index contributed by atoms with van der Waals surface area (Å²) in [5.74, 6) is 0.132. The van der Waals surface area contributed by atoms with E-state index in [9.17, 15) is 4.79 Å². The van der Waals surface area contributed by atoms with E-state index in [0.717, 1.165) is 12.8 Å². The zero-order valence-corrected chi connectivity index (χ0v) is 10.7. The first-order chi connectivity index (χ1) is 8.13. The summed E-state index contributed by atoms with van der Waals surface area (Å²) in [6, 6.07) is 2.06. The van der Waals surface area contributed by atoms with Crippen LogP contribution in [0.5, 0.6) is 0 Å². The molecular weight excluding hydrogens is 214 g/mol. The van der Waals surface area contributed by atoms with E-state index in [4.69, 9.17) is 11.0 Å². The Morgan fingerprint density at radius 2 is 2.06 bits per heavy atom. The molecule has 0 aromatic carbocycles. The third kappa shape index (κ3) is 4.01. The Morgan fingerprint density at radius 3 is 2.59 bits per heavy atom. The molecular formula is C13H23N3O. The molecule has 17 heavy (non-hydrogen) atoms. The summed E-state index contributed by atoms with van der Waals surface area (Å²) < 4.78 is 0. The highest BCUT2D eigenvalue weighted by Crippen LogP contribution is 2.38. The zero-order valence-electron chi connectivity index (χ0n) is 10.7. The maximum absolute atomic E-state index is 12.0. The lowest BCUT2D eigenvalue weighted by Crippen LogP contribution is -2.39. The van der Waals surface area contributed by atoms with E-state index in [-0.39, 0.29) is 11.3 Å². The van der Waals surface area contributed by atoms with Crippen LogP contribution in [0.2, 0.25) is 0 Å². The van der Waals surface area contributed by atoms with Crippen LogP contribution in [-0.2, 0) is 4.79 Å². The second-order valence-electron chi connectivity index (χ2n) is 5.16. The van der Waals surface area contributed by atoms with Gasteiger partial charge in [-0.1, -0.05) is 19.3 Å². The molecule has 4 heteroatoms. The van der Waals surface area contributed by atoms with Crippen LogP contribution in [0.3, 0.4) is 0 Å². The topological polar surface area (TPSA) is 70.1 Å². The van der Waals surface area contributed by atoms with E-state index in [0.29, 0.717) is 25.9 Å². The minimum Gasteiger partial charge on any atom is -0.345 e. The summed E-state index contributed by atoms with van der Waals surface area (Å²) in [7, 11) is 1.77. The Morgan fingerprint density at radius 1 is 1.41 bits per heavy atom. The Labute approximate surface area is 104 Å². The van der Waals surface area contributed by atoms with Crippen LogP contribution in [0, 0.1) is 16.7 Å². The van der Waals surface area contributed by atoms with Crippen molar-refractivity contribution in [3.8, 4) is 6.07 Å². The van der Waals surface area contributed by atoms with Crippen LogP contribution < -0.4 is 5.73 Å². The number of carbonyl (C=O) groups excluding carboxylic acids is 1. The molecule has 0 bridgehead atoms. The molecule has 0 aromatic heterocycles. The van der Waals surface area contributed by atoms with Crippen LogP contribution in [0.15, 0.2) is 0 Å². The fraction of sp³-hybridized carbons (Fsp3) is 0.846. The summed E-state index contributed by atoms with van der Waals surface area (Å²) >= 11 is 0. The Balaban J connectivity index is 2.50. The number of hydrogen-bond donors (Lipinski definition) is 1. The van der Waals surface area contributed by atoms with E-state index in [2.05, 4.69) is 6.07 Å². The lowest BCUT2D eigenvalue weighted by Gasteiger charge is -2.36. The first-order valence-corrected chi connectivity index (χ1v) is 6.44. The molecule has 1 rings (SSSR count). The molecule has 0 saturated heterocycles. The predicted octanol–water partition coefficient (Wildman–Crippen LogP) is 1.66. The molecule has 1 aliphatic carbocycles. The number of amides is 1. The highest BCUT2D eigenvalue weighted by Gasteiger charge is 2.33. The van der Waals surface area contributed by atoms with Crippen molar-refractivity contribution in [1.82, 2.24) is 4.90 Å². The van der Waals surface area contributed by atoms with Crippen molar-refractivity contribution in [3.63, 3.8) is 0 Å². The molecule has 1 saturated carbocycles. The average Bonchev–Trinajstić information content (AvgIpc) is 2.36. The smallest absolute Gasteiger partial charge is 0.222 e. The van der Waals surface area contributed by atoms with Gasteiger partial charge in [0.2, 0.25) is 5.91 Å². The number of nitriles is 1. The van der Waals surface area contributed by atoms with Crippen LogP contribution in [0.1, 0.15) is 44.9 Å². The highest BCUT2D eigenvalue weighted by atomic mass is 16.2. The van der Waals surface area contributed by atoms with Crippen molar-refractivity contribution < 1.29 is 4.79 Å². The summed E-state index contributed by atoms with van der Waals surface area (Å²) in [6.07, 6.45) is 6.73. The van der Waals surface area contributed by atoms with Gasteiger partial charge in [-0.3, -0.25) is 4.79 Å². The van der Waals surface area contributed by atoms with E-state index >= 15 is 0 Å². The number of hydrogen-bond acceptors (Lipinski definition) is 3. The molecule has 0 unspecified atom stereocenters. The SMILES string of the molecule is CN(CCC#N)C(=O)CC1(CN)CCCCC1. The second kappa shape index (κ2) is 6.61.